The second-order valence-electron chi connectivity index (χ2n) is 4.38. The summed E-state index contributed by atoms with van der Waals surface area (Å²) in [6.07, 6.45) is 2.34. The third kappa shape index (κ3) is 3.46. The maximum Gasteiger partial charge on any atom is 0.238 e. The first-order valence-electron chi connectivity index (χ1n) is 5.71. The van der Waals surface area contributed by atoms with Gasteiger partial charge < -0.3 is 10.6 Å². The van der Waals surface area contributed by atoms with Gasteiger partial charge in [0.05, 0.1) is 6.54 Å². The Balaban J connectivity index is 1.85. The smallest absolute Gasteiger partial charge is 0.238 e. The van der Waals surface area contributed by atoms with E-state index in [9.17, 15) is 18.0 Å². The van der Waals surface area contributed by atoms with Crippen LogP contribution < -0.4 is 10.6 Å². The molecule has 0 bridgehead atoms. The van der Waals surface area contributed by atoms with Crippen molar-refractivity contribution in [1.82, 2.24) is 5.32 Å². The van der Waals surface area contributed by atoms with Gasteiger partial charge in [-0.3, -0.25) is 4.79 Å². The van der Waals surface area contributed by atoms with E-state index in [-0.39, 0.29) is 12.2 Å². The summed E-state index contributed by atoms with van der Waals surface area (Å²) in [4.78, 5) is 11.4. The fourth-order valence-electron chi connectivity index (χ4n) is 1.54. The second kappa shape index (κ2) is 5.39. The van der Waals surface area contributed by atoms with E-state index in [2.05, 4.69) is 10.6 Å². The molecule has 2 rings (SSSR count). The number of nitrogens with one attached hydrogen (secondary N) is 2. The van der Waals surface area contributed by atoms with Crippen LogP contribution >= 0.6 is 0 Å². The minimum Gasteiger partial charge on any atom is -0.325 e. The highest BCUT2D eigenvalue weighted by atomic mass is 19.2. The molecule has 3 nitrogen and oxygen atoms in total. The monoisotopic (exact) mass is 258 g/mol. The van der Waals surface area contributed by atoms with Crippen LogP contribution in [-0.4, -0.2) is 19.0 Å². The molecule has 1 aliphatic rings. The molecule has 0 radical (unpaired) electrons. The number of anilines is 1. The standard InChI is InChI=1S/C12H13F3N2O/c13-9-3-8(4-10(14)12(9)15)17-11(18)6-16-5-7-1-2-7/h3-4,7,16H,1-2,5-6H2,(H,17,18). The minimum atomic E-state index is -1.54. The largest absolute Gasteiger partial charge is 0.325 e. The number of halogens is 3. The Morgan fingerprint density at radius 2 is 1.83 bits per heavy atom. The summed E-state index contributed by atoms with van der Waals surface area (Å²) in [7, 11) is 0. The summed E-state index contributed by atoms with van der Waals surface area (Å²) < 4.78 is 38.4. The highest BCUT2D eigenvalue weighted by Gasteiger charge is 2.20. The number of carbonyl (C=O) groups is 1. The van der Waals surface area contributed by atoms with Crippen LogP contribution in [0.15, 0.2) is 12.1 Å². The predicted octanol–water partition coefficient (Wildman–Crippen LogP) is 2.04. The van der Waals surface area contributed by atoms with Crippen molar-refractivity contribution in [2.45, 2.75) is 12.8 Å². The lowest BCUT2D eigenvalue weighted by Gasteiger charge is -2.07. The van der Waals surface area contributed by atoms with E-state index in [1.807, 2.05) is 0 Å². The van der Waals surface area contributed by atoms with E-state index in [0.29, 0.717) is 5.92 Å². The molecule has 2 N–H and O–H groups in total. The molecule has 18 heavy (non-hydrogen) atoms. The summed E-state index contributed by atoms with van der Waals surface area (Å²) in [6, 6.07) is 1.49. The van der Waals surface area contributed by atoms with Crippen molar-refractivity contribution < 1.29 is 18.0 Å². The van der Waals surface area contributed by atoms with Gasteiger partial charge in [-0.15, -0.1) is 0 Å². The zero-order chi connectivity index (χ0) is 13.1. The maximum absolute atomic E-state index is 12.9. The first-order chi connectivity index (χ1) is 8.56. The summed E-state index contributed by atoms with van der Waals surface area (Å²) in [5, 5.41) is 5.23. The quantitative estimate of drug-likeness (QED) is 0.793. The molecule has 0 unspecified atom stereocenters. The molecule has 1 amide bonds. The van der Waals surface area contributed by atoms with Crippen LogP contribution in [0.4, 0.5) is 18.9 Å². The van der Waals surface area contributed by atoms with Gasteiger partial charge in [-0.1, -0.05) is 0 Å². The Hall–Kier alpha value is -1.56. The molecule has 0 aromatic heterocycles. The first-order valence-corrected chi connectivity index (χ1v) is 5.71. The van der Waals surface area contributed by atoms with Crippen molar-refractivity contribution in [2.75, 3.05) is 18.4 Å². The lowest BCUT2D eigenvalue weighted by molar-refractivity contribution is -0.115. The Bertz CT molecular complexity index is 438. The number of carbonyl (C=O) groups excluding carboxylic acids is 1. The number of benzene rings is 1. The predicted molar refractivity (Wildman–Crippen MR) is 60.5 cm³/mol. The van der Waals surface area contributed by atoms with Gasteiger partial charge in [-0.05, 0) is 25.3 Å². The van der Waals surface area contributed by atoms with Crippen LogP contribution in [0, 0.1) is 23.4 Å². The van der Waals surface area contributed by atoms with Crippen LogP contribution in [0.5, 0.6) is 0 Å². The minimum absolute atomic E-state index is 0.0666. The molecule has 6 heteroatoms. The van der Waals surface area contributed by atoms with Gasteiger partial charge in [0.1, 0.15) is 0 Å². The van der Waals surface area contributed by atoms with E-state index >= 15 is 0 Å². The lowest BCUT2D eigenvalue weighted by atomic mass is 10.3. The molecule has 0 spiro atoms. The number of amides is 1. The van der Waals surface area contributed by atoms with Crippen molar-refractivity contribution in [2.24, 2.45) is 5.92 Å². The van der Waals surface area contributed by atoms with Gasteiger partial charge >= 0.3 is 0 Å². The van der Waals surface area contributed by atoms with Gasteiger partial charge in [0.2, 0.25) is 5.91 Å². The molecule has 1 aliphatic carbocycles. The van der Waals surface area contributed by atoms with Gasteiger partial charge in [0.15, 0.2) is 17.5 Å². The van der Waals surface area contributed by atoms with Crippen LogP contribution in [0.2, 0.25) is 0 Å². The molecule has 1 fully saturated rings. The zero-order valence-corrected chi connectivity index (χ0v) is 9.60. The summed E-state index contributed by atoms with van der Waals surface area (Å²) in [5.74, 6) is -3.97. The fraction of sp³-hybridized carbons (Fsp3) is 0.417. The topological polar surface area (TPSA) is 41.1 Å². The molecular formula is C12H13F3N2O. The Morgan fingerprint density at radius 3 is 2.39 bits per heavy atom. The third-order valence-electron chi connectivity index (χ3n) is 2.68. The second-order valence-corrected chi connectivity index (χ2v) is 4.38. The summed E-state index contributed by atoms with van der Waals surface area (Å²) in [6.45, 7) is 0.830. The van der Waals surface area contributed by atoms with Gasteiger partial charge in [0.25, 0.3) is 0 Å². The van der Waals surface area contributed by atoms with E-state index in [0.717, 1.165) is 18.7 Å². The average Bonchev–Trinajstić information content (AvgIpc) is 3.09. The summed E-state index contributed by atoms with van der Waals surface area (Å²) >= 11 is 0. The normalized spacial score (nSPS) is 14.6. The van der Waals surface area contributed by atoms with Crippen molar-refractivity contribution in [3.05, 3.63) is 29.6 Å². The molecule has 1 aromatic rings. The Morgan fingerprint density at radius 1 is 1.22 bits per heavy atom. The van der Waals surface area contributed by atoms with E-state index in [4.69, 9.17) is 0 Å². The average molecular weight is 258 g/mol. The lowest BCUT2D eigenvalue weighted by Crippen LogP contribution is -2.29. The first kappa shape index (κ1) is 12.9. The Kier molecular flexibility index (Phi) is 3.86. The van der Waals surface area contributed by atoms with E-state index in [1.165, 1.54) is 12.8 Å². The molecule has 1 saturated carbocycles. The Labute approximate surface area is 102 Å². The van der Waals surface area contributed by atoms with E-state index < -0.39 is 23.4 Å². The molecule has 0 saturated heterocycles. The van der Waals surface area contributed by atoms with Crippen molar-refractivity contribution in [3.8, 4) is 0 Å². The van der Waals surface area contributed by atoms with Gasteiger partial charge in [-0.2, -0.15) is 0 Å². The number of rotatable bonds is 5. The highest BCUT2D eigenvalue weighted by Crippen LogP contribution is 2.27. The third-order valence-corrected chi connectivity index (χ3v) is 2.68. The zero-order valence-electron chi connectivity index (χ0n) is 9.60. The fourth-order valence-corrected chi connectivity index (χ4v) is 1.54. The molecule has 1 aromatic carbocycles. The highest BCUT2D eigenvalue weighted by molar-refractivity contribution is 5.92. The van der Waals surface area contributed by atoms with Crippen LogP contribution in [0.3, 0.4) is 0 Å². The van der Waals surface area contributed by atoms with Gasteiger partial charge in [0, 0.05) is 17.8 Å². The van der Waals surface area contributed by atoms with Crippen LogP contribution in [0.25, 0.3) is 0 Å². The van der Waals surface area contributed by atoms with Crippen molar-refractivity contribution in [1.29, 1.82) is 0 Å². The number of hydrogen-bond acceptors (Lipinski definition) is 2. The molecule has 0 aliphatic heterocycles. The maximum atomic E-state index is 12.9. The van der Waals surface area contributed by atoms with Crippen molar-refractivity contribution >= 4 is 11.6 Å². The molecular weight excluding hydrogens is 245 g/mol. The summed E-state index contributed by atoms with van der Waals surface area (Å²) in [5.41, 5.74) is -0.0929. The number of hydrogen-bond donors (Lipinski definition) is 2. The molecule has 98 valence electrons. The van der Waals surface area contributed by atoms with Gasteiger partial charge in [-0.25, -0.2) is 13.2 Å². The SMILES string of the molecule is O=C(CNCC1CC1)Nc1cc(F)c(F)c(F)c1. The molecule has 0 atom stereocenters. The molecule has 0 heterocycles. The van der Waals surface area contributed by atoms with E-state index in [1.54, 1.807) is 0 Å². The van der Waals surface area contributed by atoms with Crippen LogP contribution in [0.1, 0.15) is 12.8 Å². The van der Waals surface area contributed by atoms with Crippen LogP contribution in [-0.2, 0) is 4.79 Å². The van der Waals surface area contributed by atoms with Crippen molar-refractivity contribution in [3.63, 3.8) is 0 Å².